The number of nitrogens with zero attached hydrogens (tertiary/aromatic N) is 5. The van der Waals surface area contributed by atoms with E-state index in [4.69, 9.17) is 0 Å². The van der Waals surface area contributed by atoms with Gasteiger partial charge in [-0.2, -0.15) is 10.1 Å². The monoisotopic (exact) mass is 340 g/mol. The quantitative estimate of drug-likeness (QED) is 0.864. The number of nitrogens with one attached hydrogen (secondary N) is 1. The van der Waals surface area contributed by atoms with Crippen LogP contribution in [-0.4, -0.2) is 41.4 Å². The number of aryl methyl sites for hydroxylation is 1. The summed E-state index contributed by atoms with van der Waals surface area (Å²) in [5.74, 6) is 1.47. The van der Waals surface area contributed by atoms with Crippen LogP contribution in [0.2, 0.25) is 0 Å². The van der Waals surface area contributed by atoms with Crippen LogP contribution in [0.1, 0.15) is 38.7 Å². The van der Waals surface area contributed by atoms with Gasteiger partial charge in [-0.15, -0.1) is 5.10 Å². The van der Waals surface area contributed by atoms with Gasteiger partial charge in [0.15, 0.2) is 5.82 Å². The lowest BCUT2D eigenvalue weighted by atomic mass is 10.1. The molecule has 3 rings (SSSR count). The van der Waals surface area contributed by atoms with Crippen molar-refractivity contribution in [1.29, 1.82) is 0 Å². The van der Waals surface area contributed by atoms with Crippen molar-refractivity contribution in [2.75, 3.05) is 41.3 Å². The summed E-state index contributed by atoms with van der Waals surface area (Å²) in [6.45, 7) is 10.5. The lowest BCUT2D eigenvalue weighted by Gasteiger charge is -2.26. The average Bonchev–Trinajstić information content (AvgIpc) is 2.66. The van der Waals surface area contributed by atoms with Crippen molar-refractivity contribution in [2.45, 2.75) is 40.0 Å². The summed E-state index contributed by atoms with van der Waals surface area (Å²) in [5.41, 5.74) is 3.51. The molecule has 6 nitrogen and oxygen atoms in total. The van der Waals surface area contributed by atoms with Gasteiger partial charge in [0, 0.05) is 37.6 Å². The van der Waals surface area contributed by atoms with E-state index in [9.17, 15) is 0 Å². The molecule has 25 heavy (non-hydrogen) atoms. The summed E-state index contributed by atoms with van der Waals surface area (Å²) >= 11 is 0. The first-order valence-corrected chi connectivity index (χ1v) is 9.28. The minimum absolute atomic E-state index is 0.724. The van der Waals surface area contributed by atoms with Gasteiger partial charge in [-0.25, -0.2) is 0 Å². The second-order valence-electron chi connectivity index (χ2n) is 6.49. The topological polar surface area (TPSA) is 57.2 Å². The fourth-order valence-electron chi connectivity index (χ4n) is 3.29. The molecule has 0 aliphatic carbocycles. The third-order valence-electron chi connectivity index (χ3n) is 4.79. The highest BCUT2D eigenvalue weighted by atomic mass is 15.3. The standard InChI is InChI=1S/C19H28N6/c1-4-24(5-2)16-9-10-17(15(3)13-16)21-18-14-20-23-19(22-18)25-11-7-6-8-12-25/h9-10,13-14H,4-8,11-12H2,1-3H3,(H,21,22,23). The Bertz CT molecular complexity index is 692. The van der Waals surface area contributed by atoms with Crippen molar-refractivity contribution in [3.8, 4) is 0 Å². The van der Waals surface area contributed by atoms with Crippen LogP contribution in [0.3, 0.4) is 0 Å². The number of hydrogen-bond donors (Lipinski definition) is 1. The average molecular weight is 340 g/mol. The van der Waals surface area contributed by atoms with Gasteiger partial charge in [0.25, 0.3) is 0 Å². The molecule has 1 aliphatic rings. The van der Waals surface area contributed by atoms with Gasteiger partial charge in [0.05, 0.1) is 6.20 Å². The van der Waals surface area contributed by atoms with Crippen LogP contribution in [0.15, 0.2) is 24.4 Å². The Labute approximate surface area is 150 Å². The van der Waals surface area contributed by atoms with Crippen LogP contribution < -0.4 is 15.1 Å². The predicted octanol–water partition coefficient (Wildman–Crippen LogP) is 3.76. The molecule has 1 aromatic carbocycles. The van der Waals surface area contributed by atoms with Crippen molar-refractivity contribution < 1.29 is 0 Å². The highest BCUT2D eigenvalue weighted by molar-refractivity contribution is 5.65. The maximum atomic E-state index is 4.65. The lowest BCUT2D eigenvalue weighted by molar-refractivity contribution is 0.565. The van der Waals surface area contributed by atoms with E-state index in [-0.39, 0.29) is 0 Å². The predicted molar refractivity (Wildman–Crippen MR) is 104 cm³/mol. The van der Waals surface area contributed by atoms with Gasteiger partial charge >= 0.3 is 0 Å². The molecule has 1 aromatic heterocycles. The van der Waals surface area contributed by atoms with E-state index in [1.165, 1.54) is 30.5 Å². The molecule has 1 saturated heterocycles. The van der Waals surface area contributed by atoms with Crippen LogP contribution in [-0.2, 0) is 0 Å². The Balaban J connectivity index is 1.76. The first-order valence-electron chi connectivity index (χ1n) is 9.28. The minimum Gasteiger partial charge on any atom is -0.372 e. The molecule has 0 spiro atoms. The van der Waals surface area contributed by atoms with Crippen molar-refractivity contribution in [3.63, 3.8) is 0 Å². The van der Waals surface area contributed by atoms with Gasteiger partial charge in [0.1, 0.15) is 0 Å². The normalized spacial score (nSPS) is 14.4. The first kappa shape index (κ1) is 17.5. The minimum atomic E-state index is 0.724. The zero-order valence-electron chi connectivity index (χ0n) is 15.5. The van der Waals surface area contributed by atoms with E-state index in [1.807, 2.05) is 0 Å². The summed E-state index contributed by atoms with van der Waals surface area (Å²) in [6, 6.07) is 6.49. The Kier molecular flexibility index (Phi) is 5.68. The molecule has 0 atom stereocenters. The van der Waals surface area contributed by atoms with Gasteiger partial charge in [-0.3, -0.25) is 0 Å². The number of benzene rings is 1. The highest BCUT2D eigenvalue weighted by Crippen LogP contribution is 2.25. The van der Waals surface area contributed by atoms with E-state index in [1.54, 1.807) is 6.20 Å². The van der Waals surface area contributed by atoms with Crippen molar-refractivity contribution in [2.24, 2.45) is 0 Å². The molecule has 0 amide bonds. The van der Waals surface area contributed by atoms with E-state index >= 15 is 0 Å². The number of piperidine rings is 1. The number of anilines is 4. The summed E-state index contributed by atoms with van der Waals surface area (Å²) in [5, 5.41) is 11.7. The molecule has 0 radical (unpaired) electrons. The summed E-state index contributed by atoms with van der Waals surface area (Å²) < 4.78 is 0. The number of aromatic nitrogens is 3. The van der Waals surface area contributed by atoms with Gasteiger partial charge in [0.2, 0.25) is 5.95 Å². The van der Waals surface area contributed by atoms with Crippen molar-refractivity contribution in [1.82, 2.24) is 15.2 Å². The molecule has 1 N–H and O–H groups in total. The molecule has 1 aliphatic heterocycles. The Morgan fingerprint density at radius 3 is 2.56 bits per heavy atom. The molecule has 6 heteroatoms. The molecule has 0 bridgehead atoms. The van der Waals surface area contributed by atoms with Gasteiger partial charge < -0.3 is 15.1 Å². The molecule has 0 unspecified atom stereocenters. The third kappa shape index (κ3) is 4.18. The zero-order chi connectivity index (χ0) is 17.6. The Morgan fingerprint density at radius 1 is 1.12 bits per heavy atom. The van der Waals surface area contributed by atoms with Crippen LogP contribution >= 0.6 is 0 Å². The SMILES string of the molecule is CCN(CC)c1ccc(Nc2cnnc(N3CCCCC3)n2)c(C)c1. The molecular formula is C19H28N6. The Morgan fingerprint density at radius 2 is 1.88 bits per heavy atom. The molecule has 2 heterocycles. The summed E-state index contributed by atoms with van der Waals surface area (Å²) in [6.07, 6.45) is 5.38. The third-order valence-corrected chi connectivity index (χ3v) is 4.79. The lowest BCUT2D eigenvalue weighted by Crippen LogP contribution is -2.31. The number of rotatable bonds is 6. The van der Waals surface area contributed by atoms with E-state index in [0.29, 0.717) is 0 Å². The van der Waals surface area contributed by atoms with E-state index < -0.39 is 0 Å². The van der Waals surface area contributed by atoms with E-state index in [0.717, 1.165) is 43.6 Å². The highest BCUT2D eigenvalue weighted by Gasteiger charge is 2.14. The van der Waals surface area contributed by atoms with Crippen LogP contribution in [0.25, 0.3) is 0 Å². The van der Waals surface area contributed by atoms with Crippen molar-refractivity contribution in [3.05, 3.63) is 30.0 Å². The molecule has 134 valence electrons. The molecule has 1 fully saturated rings. The van der Waals surface area contributed by atoms with E-state index in [2.05, 4.69) is 69.3 Å². The fourth-order valence-corrected chi connectivity index (χ4v) is 3.29. The largest absolute Gasteiger partial charge is 0.372 e. The second kappa shape index (κ2) is 8.14. The van der Waals surface area contributed by atoms with Crippen LogP contribution in [0.4, 0.5) is 23.1 Å². The smallest absolute Gasteiger partial charge is 0.247 e. The number of hydrogen-bond acceptors (Lipinski definition) is 6. The molecular weight excluding hydrogens is 312 g/mol. The summed E-state index contributed by atoms with van der Waals surface area (Å²) in [7, 11) is 0. The second-order valence-corrected chi connectivity index (χ2v) is 6.49. The molecule has 0 saturated carbocycles. The van der Waals surface area contributed by atoms with Crippen LogP contribution in [0.5, 0.6) is 0 Å². The molecule has 2 aromatic rings. The maximum Gasteiger partial charge on any atom is 0.247 e. The van der Waals surface area contributed by atoms with Crippen LogP contribution in [0, 0.1) is 6.92 Å². The van der Waals surface area contributed by atoms with Gasteiger partial charge in [-0.1, -0.05) is 0 Å². The fraction of sp³-hybridized carbons (Fsp3) is 0.526. The summed E-state index contributed by atoms with van der Waals surface area (Å²) in [4.78, 5) is 9.22. The van der Waals surface area contributed by atoms with Gasteiger partial charge in [-0.05, 0) is 63.8 Å². The maximum absolute atomic E-state index is 4.65. The Hall–Kier alpha value is -2.37. The van der Waals surface area contributed by atoms with Crippen molar-refractivity contribution >= 4 is 23.1 Å². The first-order chi connectivity index (χ1) is 12.2. The zero-order valence-corrected chi connectivity index (χ0v) is 15.5.